The predicted molar refractivity (Wildman–Crippen MR) is 66.8 cm³/mol. The van der Waals surface area contributed by atoms with Crippen LogP contribution >= 0.6 is 24.8 Å². The van der Waals surface area contributed by atoms with Crippen LogP contribution in [0.4, 0.5) is 0 Å². The third-order valence-corrected chi connectivity index (χ3v) is 4.59. The molecule has 0 fully saturated rings. The molecule has 0 bridgehead atoms. The molecule has 1 unspecified atom stereocenters. The van der Waals surface area contributed by atoms with E-state index in [1.807, 2.05) is 0 Å². The van der Waals surface area contributed by atoms with Gasteiger partial charge in [0.15, 0.2) is 0 Å². The van der Waals surface area contributed by atoms with Crippen molar-refractivity contribution in [2.45, 2.75) is 24.4 Å². The molecule has 0 N–H and O–H groups in total. The molecule has 1 atom stereocenters. The maximum Gasteiger partial charge on any atom is -0.147 e. The van der Waals surface area contributed by atoms with E-state index < -0.39 is 0 Å². The summed E-state index contributed by atoms with van der Waals surface area (Å²) < 4.78 is 0.709. The van der Waals surface area contributed by atoms with Crippen molar-refractivity contribution in [1.29, 1.82) is 0 Å². The summed E-state index contributed by atoms with van der Waals surface area (Å²) in [5.74, 6) is 0. The molecule has 0 aromatic heterocycles. The third kappa shape index (κ3) is 2.76. The summed E-state index contributed by atoms with van der Waals surface area (Å²) in [5.41, 5.74) is 7.38. The van der Waals surface area contributed by atoms with Crippen LogP contribution in [-0.4, -0.2) is 0 Å². The molecule has 0 amide bonds. The van der Waals surface area contributed by atoms with Crippen LogP contribution in [0.1, 0.15) is 32.8 Å². The number of rotatable bonds is 0. The second-order valence-electron chi connectivity index (χ2n) is 3.91. The molecule has 0 spiro atoms. The maximum atomic E-state index is 2.35. The molecule has 1 aromatic carbocycles. The van der Waals surface area contributed by atoms with Crippen LogP contribution in [0.25, 0.3) is 6.08 Å². The summed E-state index contributed by atoms with van der Waals surface area (Å²) >= 11 is 1.61. The minimum atomic E-state index is 0. The molecule has 1 aromatic rings. The first kappa shape index (κ1) is 15.4. The number of halogens is 2. The van der Waals surface area contributed by atoms with Crippen LogP contribution < -0.4 is 0 Å². The first-order valence-corrected chi connectivity index (χ1v) is 6.02. The fraction of sp³-hybridized carbons (Fsp3) is 0.333. The van der Waals surface area contributed by atoms with E-state index in [4.69, 9.17) is 0 Å². The van der Waals surface area contributed by atoms with E-state index in [1.165, 1.54) is 22.3 Å². The molecule has 0 saturated heterocycles. The van der Waals surface area contributed by atoms with Gasteiger partial charge in [0, 0.05) is 0 Å². The zero-order valence-corrected chi connectivity index (χ0v) is 13.2. The summed E-state index contributed by atoms with van der Waals surface area (Å²) in [6.07, 6.45) is 2.35. The Morgan fingerprint density at radius 3 is 2.27 bits per heavy atom. The van der Waals surface area contributed by atoms with Crippen molar-refractivity contribution in [2.75, 3.05) is 0 Å². The molecule has 15 heavy (non-hydrogen) atoms. The Kier molecular flexibility index (Phi) is 5.82. The van der Waals surface area contributed by atoms with Crippen molar-refractivity contribution in [2.24, 2.45) is 0 Å². The molecule has 0 aliphatic heterocycles. The van der Waals surface area contributed by atoms with Gasteiger partial charge in [-0.05, 0) is 0 Å². The van der Waals surface area contributed by atoms with Gasteiger partial charge in [-0.25, -0.2) is 0 Å². The Bertz CT molecular complexity index is 397. The average Bonchev–Trinajstić information content (AvgIpc) is 2.32. The van der Waals surface area contributed by atoms with Crippen LogP contribution in [0.5, 0.6) is 0 Å². The molecule has 2 rings (SSSR count). The van der Waals surface area contributed by atoms with Gasteiger partial charge in [-0.1, -0.05) is 0 Å². The van der Waals surface area contributed by atoms with Crippen LogP contribution in [0.15, 0.2) is 17.7 Å². The maximum absolute atomic E-state index is 2.35. The standard InChI is InChI=1S/C12H13.2ClH.Zr/c1-8-4-10(3)12-7-9(2)6-11(12)5-8;;;/h4-7H,1-3H3;2*1H;. The Balaban J connectivity index is 0.000000980. The second kappa shape index (κ2) is 5.66. The monoisotopic (exact) mass is 319 g/mol. The molecule has 0 nitrogen and oxygen atoms in total. The first-order chi connectivity index (χ1) is 6.09. The van der Waals surface area contributed by atoms with Gasteiger partial charge in [0.2, 0.25) is 0 Å². The molecular weight excluding hydrogens is 306 g/mol. The Labute approximate surface area is 119 Å². The molecule has 3 heteroatoms. The molecule has 1 aliphatic carbocycles. The zero-order chi connectivity index (χ0) is 9.59. The fourth-order valence-corrected chi connectivity index (χ4v) is 2.80. The number of hydrogen-bond acceptors (Lipinski definition) is 0. The van der Waals surface area contributed by atoms with E-state index in [9.17, 15) is 0 Å². The van der Waals surface area contributed by atoms with E-state index in [1.54, 1.807) is 30.3 Å². The van der Waals surface area contributed by atoms with Gasteiger partial charge in [0.05, 0.1) is 0 Å². The predicted octanol–water partition coefficient (Wildman–Crippen LogP) is 4.15. The van der Waals surface area contributed by atoms with Crippen molar-refractivity contribution >= 4 is 30.9 Å². The minimum Gasteiger partial charge on any atom is -0.147 e. The third-order valence-electron chi connectivity index (χ3n) is 2.70. The molecule has 0 radical (unpaired) electrons. The van der Waals surface area contributed by atoms with Gasteiger partial charge < -0.3 is 0 Å². The molecule has 1 aliphatic rings. The molecule has 81 valence electrons. The van der Waals surface area contributed by atoms with Crippen LogP contribution in [0.2, 0.25) is 0 Å². The minimum absolute atomic E-state index is 0. The Hall–Kier alpha value is 0.423. The summed E-state index contributed by atoms with van der Waals surface area (Å²) in [6.45, 7) is 6.64. The summed E-state index contributed by atoms with van der Waals surface area (Å²) in [5, 5.41) is 0. The summed E-state index contributed by atoms with van der Waals surface area (Å²) in [7, 11) is 0. The molecule has 0 saturated carbocycles. The molecular formula is C12H15Cl2Zr. The van der Waals surface area contributed by atoms with Crippen molar-refractivity contribution < 1.29 is 24.7 Å². The van der Waals surface area contributed by atoms with Gasteiger partial charge >= 0.3 is 95.2 Å². The van der Waals surface area contributed by atoms with Crippen molar-refractivity contribution in [3.63, 3.8) is 0 Å². The van der Waals surface area contributed by atoms with Crippen molar-refractivity contribution in [3.05, 3.63) is 40.0 Å². The zero-order valence-electron chi connectivity index (χ0n) is 9.13. The molecule has 0 heterocycles. The van der Waals surface area contributed by atoms with Gasteiger partial charge in [0.1, 0.15) is 0 Å². The van der Waals surface area contributed by atoms with Crippen molar-refractivity contribution in [1.82, 2.24) is 0 Å². The summed E-state index contributed by atoms with van der Waals surface area (Å²) in [6, 6.07) is 4.62. The normalized spacial score (nSPS) is 17.2. The number of allylic oxidation sites excluding steroid dienone is 1. The Morgan fingerprint density at radius 2 is 1.67 bits per heavy atom. The SMILES string of the molecule is CC1=Cc2c(C)cc(C)cc2[CH]1[Zr].Cl.Cl. The Morgan fingerprint density at radius 1 is 1.07 bits per heavy atom. The number of benzene rings is 1. The van der Waals surface area contributed by atoms with Gasteiger partial charge in [-0.3, -0.25) is 0 Å². The van der Waals surface area contributed by atoms with Gasteiger partial charge in [-0.15, -0.1) is 24.8 Å². The number of aryl methyl sites for hydroxylation is 2. The summed E-state index contributed by atoms with van der Waals surface area (Å²) in [4.78, 5) is 0. The van der Waals surface area contributed by atoms with Crippen LogP contribution in [-0.2, 0) is 24.7 Å². The first-order valence-electron chi connectivity index (χ1n) is 4.60. The topological polar surface area (TPSA) is 0 Å². The van der Waals surface area contributed by atoms with Crippen LogP contribution in [0.3, 0.4) is 0 Å². The second-order valence-corrected chi connectivity index (χ2v) is 5.33. The van der Waals surface area contributed by atoms with E-state index in [2.05, 4.69) is 39.0 Å². The fourth-order valence-electron chi connectivity index (χ4n) is 2.00. The van der Waals surface area contributed by atoms with E-state index in [0.29, 0.717) is 3.63 Å². The largest absolute Gasteiger partial charge is 0.147 e. The van der Waals surface area contributed by atoms with E-state index >= 15 is 0 Å². The van der Waals surface area contributed by atoms with E-state index in [0.717, 1.165) is 0 Å². The number of fused-ring (bicyclic) bond motifs is 1. The van der Waals surface area contributed by atoms with Crippen LogP contribution in [0, 0.1) is 13.8 Å². The van der Waals surface area contributed by atoms with Gasteiger partial charge in [0.25, 0.3) is 0 Å². The van der Waals surface area contributed by atoms with E-state index in [-0.39, 0.29) is 24.8 Å². The average molecular weight is 321 g/mol. The van der Waals surface area contributed by atoms with Gasteiger partial charge in [-0.2, -0.15) is 0 Å². The van der Waals surface area contributed by atoms with Crippen molar-refractivity contribution in [3.8, 4) is 0 Å². The quantitative estimate of drug-likeness (QED) is 0.673. The number of hydrogen-bond donors (Lipinski definition) is 0. The smallest absolute Gasteiger partial charge is 0.147 e.